The molecule has 0 bridgehead atoms. The predicted molar refractivity (Wildman–Crippen MR) is 63.2 cm³/mol. The predicted octanol–water partition coefficient (Wildman–Crippen LogP) is 1.66. The molecule has 1 aliphatic rings. The molecule has 2 heterocycles. The highest BCUT2D eigenvalue weighted by atomic mass is 15.2. The minimum atomic E-state index is 0.443. The molecule has 16 heavy (non-hydrogen) atoms. The first-order chi connectivity index (χ1) is 7.84. The van der Waals surface area contributed by atoms with E-state index < -0.39 is 0 Å². The van der Waals surface area contributed by atoms with E-state index in [-0.39, 0.29) is 0 Å². The maximum Gasteiger partial charge on any atom is 0.0528 e. The van der Waals surface area contributed by atoms with Gasteiger partial charge in [-0.05, 0) is 16.7 Å². The molecular weight excluding hydrogens is 198 g/mol. The number of rotatable bonds is 1. The van der Waals surface area contributed by atoms with Crippen LogP contribution in [-0.4, -0.2) is 16.3 Å². The van der Waals surface area contributed by atoms with E-state index in [1.807, 2.05) is 17.9 Å². The van der Waals surface area contributed by atoms with E-state index in [4.69, 9.17) is 0 Å². The number of nitrogens with zero attached hydrogens (tertiary/aromatic N) is 2. The summed E-state index contributed by atoms with van der Waals surface area (Å²) in [5, 5.41) is 7.72. The number of benzene rings is 1. The maximum atomic E-state index is 4.25. The number of hydrogen-bond donors (Lipinski definition) is 1. The second kappa shape index (κ2) is 3.76. The third-order valence-corrected chi connectivity index (χ3v) is 3.22. The van der Waals surface area contributed by atoms with Gasteiger partial charge in [-0.2, -0.15) is 5.10 Å². The Morgan fingerprint density at radius 2 is 2.25 bits per heavy atom. The zero-order valence-corrected chi connectivity index (χ0v) is 9.35. The van der Waals surface area contributed by atoms with Crippen LogP contribution in [0.3, 0.4) is 0 Å². The van der Waals surface area contributed by atoms with Gasteiger partial charge in [-0.25, -0.2) is 0 Å². The summed E-state index contributed by atoms with van der Waals surface area (Å²) in [6.07, 6.45) is 4.07. The highest BCUT2D eigenvalue weighted by Crippen LogP contribution is 2.29. The van der Waals surface area contributed by atoms with Crippen LogP contribution in [-0.2, 0) is 13.6 Å². The van der Waals surface area contributed by atoms with E-state index in [0.717, 1.165) is 13.1 Å². The van der Waals surface area contributed by atoms with Crippen molar-refractivity contribution in [3.8, 4) is 0 Å². The summed E-state index contributed by atoms with van der Waals surface area (Å²) in [7, 11) is 1.96. The number of aryl methyl sites for hydroxylation is 1. The fraction of sp³-hybridized carbons (Fsp3) is 0.308. The number of fused-ring (bicyclic) bond motifs is 1. The number of aromatic nitrogens is 2. The molecule has 3 nitrogen and oxygen atoms in total. The molecule has 0 spiro atoms. The topological polar surface area (TPSA) is 29.9 Å². The first kappa shape index (κ1) is 9.60. The van der Waals surface area contributed by atoms with E-state index in [1.54, 1.807) is 0 Å². The molecule has 3 rings (SSSR count). The average Bonchev–Trinajstić information content (AvgIpc) is 2.75. The summed E-state index contributed by atoms with van der Waals surface area (Å²) >= 11 is 0. The molecule has 1 atom stereocenters. The van der Waals surface area contributed by atoms with Crippen LogP contribution in [0.25, 0.3) is 0 Å². The summed E-state index contributed by atoms with van der Waals surface area (Å²) < 4.78 is 1.87. The highest BCUT2D eigenvalue weighted by molar-refractivity contribution is 5.38. The Morgan fingerprint density at radius 3 is 3.06 bits per heavy atom. The van der Waals surface area contributed by atoms with Gasteiger partial charge in [0.05, 0.1) is 6.20 Å². The van der Waals surface area contributed by atoms with E-state index in [9.17, 15) is 0 Å². The van der Waals surface area contributed by atoms with Gasteiger partial charge < -0.3 is 5.32 Å². The van der Waals surface area contributed by atoms with Crippen LogP contribution in [0, 0.1) is 0 Å². The lowest BCUT2D eigenvalue weighted by molar-refractivity contribution is 0.591. The molecule has 82 valence electrons. The summed E-state index contributed by atoms with van der Waals surface area (Å²) in [4.78, 5) is 0. The van der Waals surface area contributed by atoms with Crippen LogP contribution < -0.4 is 5.32 Å². The van der Waals surface area contributed by atoms with Crippen molar-refractivity contribution in [1.82, 2.24) is 15.1 Å². The van der Waals surface area contributed by atoms with Crippen molar-refractivity contribution in [3.05, 3.63) is 53.3 Å². The first-order valence-corrected chi connectivity index (χ1v) is 5.61. The third-order valence-electron chi connectivity index (χ3n) is 3.22. The van der Waals surface area contributed by atoms with Gasteiger partial charge in [0.1, 0.15) is 0 Å². The molecule has 1 aromatic heterocycles. The molecule has 0 unspecified atom stereocenters. The van der Waals surface area contributed by atoms with Gasteiger partial charge in [0, 0.05) is 32.3 Å². The Hall–Kier alpha value is -1.61. The molecule has 0 amide bonds. The van der Waals surface area contributed by atoms with Gasteiger partial charge in [0.25, 0.3) is 0 Å². The van der Waals surface area contributed by atoms with Gasteiger partial charge in [-0.15, -0.1) is 0 Å². The zero-order valence-electron chi connectivity index (χ0n) is 9.35. The van der Waals surface area contributed by atoms with Crippen LogP contribution >= 0.6 is 0 Å². The van der Waals surface area contributed by atoms with Gasteiger partial charge in [-0.3, -0.25) is 4.68 Å². The molecule has 0 saturated heterocycles. The van der Waals surface area contributed by atoms with E-state index in [0.29, 0.717) is 5.92 Å². The van der Waals surface area contributed by atoms with Crippen molar-refractivity contribution in [2.45, 2.75) is 12.5 Å². The Bertz CT molecular complexity index is 501. The van der Waals surface area contributed by atoms with Gasteiger partial charge in [-0.1, -0.05) is 24.3 Å². The molecule has 2 aromatic rings. The third kappa shape index (κ3) is 1.53. The lowest BCUT2D eigenvalue weighted by Crippen LogP contribution is -2.28. The first-order valence-electron chi connectivity index (χ1n) is 5.61. The van der Waals surface area contributed by atoms with Crippen molar-refractivity contribution in [1.29, 1.82) is 0 Å². The van der Waals surface area contributed by atoms with Crippen LogP contribution in [0.2, 0.25) is 0 Å². The quantitative estimate of drug-likeness (QED) is 0.780. The smallest absolute Gasteiger partial charge is 0.0528 e. The van der Waals surface area contributed by atoms with Crippen molar-refractivity contribution >= 4 is 0 Å². The molecule has 0 fully saturated rings. The average molecular weight is 213 g/mol. The summed E-state index contributed by atoms with van der Waals surface area (Å²) in [6.45, 7) is 1.98. The van der Waals surface area contributed by atoms with Crippen molar-refractivity contribution < 1.29 is 0 Å². The molecular formula is C13H15N3. The van der Waals surface area contributed by atoms with Crippen LogP contribution in [0.15, 0.2) is 36.7 Å². The van der Waals surface area contributed by atoms with Gasteiger partial charge >= 0.3 is 0 Å². The lowest BCUT2D eigenvalue weighted by atomic mass is 9.87. The number of nitrogens with one attached hydrogen (secondary N) is 1. The van der Waals surface area contributed by atoms with Gasteiger partial charge in [0.15, 0.2) is 0 Å². The van der Waals surface area contributed by atoms with E-state index in [1.165, 1.54) is 16.7 Å². The lowest BCUT2D eigenvalue weighted by Gasteiger charge is -2.25. The molecule has 0 aliphatic carbocycles. The van der Waals surface area contributed by atoms with Crippen LogP contribution in [0.4, 0.5) is 0 Å². The largest absolute Gasteiger partial charge is 0.312 e. The highest BCUT2D eigenvalue weighted by Gasteiger charge is 2.21. The summed E-state index contributed by atoms with van der Waals surface area (Å²) in [6, 6.07) is 8.65. The Balaban J connectivity index is 2.04. The Morgan fingerprint density at radius 1 is 1.38 bits per heavy atom. The molecule has 1 aliphatic heterocycles. The van der Waals surface area contributed by atoms with Crippen LogP contribution in [0.1, 0.15) is 22.6 Å². The molecule has 1 aromatic carbocycles. The monoisotopic (exact) mass is 213 g/mol. The SMILES string of the molecule is Cn1cc([C@@H]2CNCc3ccccc32)cn1. The Kier molecular flexibility index (Phi) is 2.26. The second-order valence-corrected chi connectivity index (χ2v) is 4.33. The van der Waals surface area contributed by atoms with Crippen molar-refractivity contribution in [3.63, 3.8) is 0 Å². The Labute approximate surface area is 95.1 Å². The number of hydrogen-bond acceptors (Lipinski definition) is 2. The summed E-state index contributed by atoms with van der Waals surface area (Å²) in [5.41, 5.74) is 4.14. The fourth-order valence-corrected chi connectivity index (χ4v) is 2.41. The minimum Gasteiger partial charge on any atom is -0.312 e. The summed E-state index contributed by atoms with van der Waals surface area (Å²) in [5.74, 6) is 0.443. The van der Waals surface area contributed by atoms with Crippen LogP contribution in [0.5, 0.6) is 0 Å². The fourth-order valence-electron chi connectivity index (χ4n) is 2.41. The van der Waals surface area contributed by atoms with Crippen molar-refractivity contribution in [2.75, 3.05) is 6.54 Å². The molecule has 0 radical (unpaired) electrons. The maximum absolute atomic E-state index is 4.25. The standard InChI is InChI=1S/C13H15N3/c1-16-9-11(7-15-16)13-8-14-6-10-4-2-3-5-12(10)13/h2-5,7,9,13-14H,6,8H2,1H3/t13-/m0/s1. The molecule has 3 heteroatoms. The van der Waals surface area contributed by atoms with Crippen molar-refractivity contribution in [2.24, 2.45) is 7.05 Å². The molecule has 1 N–H and O–H groups in total. The normalized spacial score (nSPS) is 19.4. The van der Waals surface area contributed by atoms with E-state index in [2.05, 4.69) is 40.9 Å². The zero-order chi connectivity index (χ0) is 11.0. The van der Waals surface area contributed by atoms with E-state index >= 15 is 0 Å². The second-order valence-electron chi connectivity index (χ2n) is 4.33. The van der Waals surface area contributed by atoms with Gasteiger partial charge in [0.2, 0.25) is 0 Å². The minimum absolute atomic E-state index is 0.443. The molecule has 0 saturated carbocycles.